The van der Waals surface area contributed by atoms with Crippen LogP contribution in [0.15, 0.2) is 78.6 Å². The van der Waals surface area contributed by atoms with Crippen LogP contribution >= 0.6 is 0 Å². The van der Waals surface area contributed by atoms with Gasteiger partial charge in [0.25, 0.3) is 11.7 Å². The molecule has 1 atom stereocenters. The Labute approximate surface area is 199 Å². The maximum Gasteiger partial charge on any atom is 0.295 e. The summed E-state index contributed by atoms with van der Waals surface area (Å²) in [7, 11) is 1.56. The average Bonchev–Trinajstić information content (AvgIpc) is 3.09. The first-order valence-corrected chi connectivity index (χ1v) is 11.1. The van der Waals surface area contributed by atoms with Gasteiger partial charge in [-0.1, -0.05) is 51.1 Å². The molecule has 0 unspecified atom stereocenters. The Hall–Kier alpha value is -3.93. The van der Waals surface area contributed by atoms with Crippen LogP contribution in [0.3, 0.4) is 0 Å². The number of aromatic nitrogens is 1. The number of ketones is 1. The highest BCUT2D eigenvalue weighted by Crippen LogP contribution is 2.41. The summed E-state index contributed by atoms with van der Waals surface area (Å²) in [6.07, 6.45) is 3.33. The molecule has 1 aromatic heterocycles. The predicted octanol–water partition coefficient (Wildman–Crippen LogP) is 5.01. The second-order valence-corrected chi connectivity index (χ2v) is 9.39. The lowest BCUT2D eigenvalue weighted by molar-refractivity contribution is -0.140. The van der Waals surface area contributed by atoms with Crippen LogP contribution in [-0.2, 0) is 21.5 Å². The van der Waals surface area contributed by atoms with Crippen molar-refractivity contribution in [2.75, 3.05) is 7.11 Å². The molecule has 0 bridgehead atoms. The van der Waals surface area contributed by atoms with Crippen LogP contribution in [0.2, 0.25) is 0 Å². The maximum absolute atomic E-state index is 13.2. The zero-order valence-electron chi connectivity index (χ0n) is 19.8. The highest BCUT2D eigenvalue weighted by Gasteiger charge is 2.46. The van der Waals surface area contributed by atoms with Crippen LogP contribution < -0.4 is 4.74 Å². The van der Waals surface area contributed by atoms with Gasteiger partial charge in [-0.2, -0.15) is 0 Å². The summed E-state index contributed by atoms with van der Waals surface area (Å²) in [5, 5.41) is 11.2. The first-order chi connectivity index (χ1) is 16.2. The first-order valence-electron chi connectivity index (χ1n) is 11.1. The number of ether oxygens (including phenoxy) is 1. The summed E-state index contributed by atoms with van der Waals surface area (Å²) in [6, 6.07) is 17.5. The zero-order chi connectivity index (χ0) is 24.5. The van der Waals surface area contributed by atoms with Gasteiger partial charge in [0.2, 0.25) is 0 Å². The lowest BCUT2D eigenvalue weighted by Gasteiger charge is -2.26. The van der Waals surface area contributed by atoms with E-state index in [1.165, 1.54) is 4.90 Å². The fourth-order valence-electron chi connectivity index (χ4n) is 4.15. The summed E-state index contributed by atoms with van der Waals surface area (Å²) in [6.45, 7) is 6.57. The molecular formula is C28H28N2O4. The molecule has 1 aliphatic heterocycles. The Bertz CT molecular complexity index is 1220. The molecule has 6 nitrogen and oxygen atoms in total. The lowest BCUT2D eigenvalue weighted by Crippen LogP contribution is -2.29. The summed E-state index contributed by atoms with van der Waals surface area (Å²) < 4.78 is 5.19. The van der Waals surface area contributed by atoms with Crippen molar-refractivity contribution in [2.24, 2.45) is 0 Å². The van der Waals surface area contributed by atoms with Crippen molar-refractivity contribution in [1.82, 2.24) is 9.88 Å². The minimum atomic E-state index is -0.726. The number of carbonyl (C=O) groups excluding carboxylic acids is 2. The number of methoxy groups -OCH3 is 1. The number of amides is 1. The number of carbonyl (C=O) groups is 2. The molecule has 2 aromatic carbocycles. The van der Waals surface area contributed by atoms with Gasteiger partial charge in [-0.25, -0.2) is 0 Å². The van der Waals surface area contributed by atoms with Crippen LogP contribution in [0.1, 0.15) is 49.1 Å². The van der Waals surface area contributed by atoms with Gasteiger partial charge in [0.15, 0.2) is 0 Å². The molecule has 1 saturated heterocycles. The van der Waals surface area contributed by atoms with Crippen molar-refractivity contribution < 1.29 is 19.4 Å². The van der Waals surface area contributed by atoms with E-state index in [1.807, 2.05) is 30.3 Å². The van der Waals surface area contributed by atoms with Crippen molar-refractivity contribution in [1.29, 1.82) is 0 Å². The summed E-state index contributed by atoms with van der Waals surface area (Å²) in [5.74, 6) is -0.937. The molecule has 1 amide bonds. The quantitative estimate of drug-likeness (QED) is 0.332. The van der Waals surface area contributed by atoms with Crippen LogP contribution in [0, 0.1) is 0 Å². The normalized spacial score (nSPS) is 17.8. The lowest BCUT2D eigenvalue weighted by atomic mass is 9.85. The second kappa shape index (κ2) is 9.14. The molecule has 1 N–H and O–H groups in total. The van der Waals surface area contributed by atoms with E-state index < -0.39 is 17.7 Å². The van der Waals surface area contributed by atoms with Gasteiger partial charge >= 0.3 is 0 Å². The number of aliphatic hydroxyl groups is 1. The standard InChI is InChI=1S/C28H28N2O4/c1-28(2,3)21-11-7-19(8-12-21)24-23(25(31)20-9-13-22(34-4)14-10-20)26(32)27(33)30(24)17-18-6-5-15-29-16-18/h5-16,24,31H,17H2,1-4H3/t24-/m0/s1. The molecule has 2 heterocycles. The summed E-state index contributed by atoms with van der Waals surface area (Å²) in [4.78, 5) is 32.0. The van der Waals surface area contributed by atoms with E-state index in [-0.39, 0.29) is 23.3 Å². The Kier molecular flexibility index (Phi) is 6.24. The van der Waals surface area contributed by atoms with E-state index >= 15 is 0 Å². The summed E-state index contributed by atoms with van der Waals surface area (Å²) in [5.41, 5.74) is 3.16. The number of likely N-dealkylation sites (tertiary alicyclic amines) is 1. The highest BCUT2D eigenvalue weighted by molar-refractivity contribution is 6.46. The molecule has 4 rings (SSSR count). The first kappa shape index (κ1) is 23.2. The Morgan fingerprint density at radius 2 is 1.71 bits per heavy atom. The fraction of sp³-hybridized carbons (Fsp3) is 0.250. The number of benzene rings is 2. The largest absolute Gasteiger partial charge is 0.507 e. The average molecular weight is 457 g/mol. The Balaban J connectivity index is 1.84. The monoisotopic (exact) mass is 456 g/mol. The third-order valence-corrected chi connectivity index (χ3v) is 6.07. The van der Waals surface area contributed by atoms with E-state index in [1.54, 1.807) is 49.8 Å². The van der Waals surface area contributed by atoms with E-state index in [4.69, 9.17) is 4.74 Å². The molecule has 6 heteroatoms. The van der Waals surface area contributed by atoms with Gasteiger partial charge in [0, 0.05) is 24.5 Å². The molecule has 174 valence electrons. The minimum Gasteiger partial charge on any atom is -0.507 e. The van der Waals surface area contributed by atoms with Gasteiger partial charge in [-0.3, -0.25) is 14.6 Å². The van der Waals surface area contributed by atoms with Crippen molar-refractivity contribution in [2.45, 2.75) is 38.8 Å². The molecular weight excluding hydrogens is 428 g/mol. The number of pyridine rings is 1. The van der Waals surface area contributed by atoms with E-state index in [0.29, 0.717) is 11.3 Å². The van der Waals surface area contributed by atoms with Crippen molar-refractivity contribution >= 4 is 17.4 Å². The van der Waals surface area contributed by atoms with Gasteiger partial charge in [-0.05, 0) is 52.4 Å². The van der Waals surface area contributed by atoms with Crippen LogP contribution in [-0.4, -0.2) is 33.8 Å². The van der Waals surface area contributed by atoms with Crippen molar-refractivity contribution in [3.8, 4) is 5.75 Å². The number of hydrogen-bond acceptors (Lipinski definition) is 5. The van der Waals surface area contributed by atoms with E-state index in [2.05, 4.69) is 25.8 Å². The number of nitrogens with zero attached hydrogens (tertiary/aromatic N) is 2. The smallest absolute Gasteiger partial charge is 0.295 e. The SMILES string of the molecule is COc1ccc(C(O)=C2C(=O)C(=O)N(Cc3cccnc3)[C@H]2c2ccc(C(C)(C)C)cc2)cc1. The Morgan fingerprint density at radius 3 is 2.26 bits per heavy atom. The minimum absolute atomic E-state index is 0.0425. The van der Waals surface area contributed by atoms with Gasteiger partial charge in [-0.15, -0.1) is 0 Å². The zero-order valence-corrected chi connectivity index (χ0v) is 19.8. The topological polar surface area (TPSA) is 79.7 Å². The van der Waals surface area contributed by atoms with Crippen LogP contribution in [0.5, 0.6) is 5.75 Å². The summed E-state index contributed by atoms with van der Waals surface area (Å²) >= 11 is 0. The van der Waals surface area contributed by atoms with E-state index in [0.717, 1.165) is 16.7 Å². The number of hydrogen-bond donors (Lipinski definition) is 1. The maximum atomic E-state index is 13.2. The molecule has 0 saturated carbocycles. The fourth-order valence-corrected chi connectivity index (χ4v) is 4.15. The molecule has 0 aliphatic carbocycles. The van der Waals surface area contributed by atoms with Gasteiger partial charge in [0.05, 0.1) is 18.7 Å². The second-order valence-electron chi connectivity index (χ2n) is 9.39. The molecule has 0 spiro atoms. The van der Waals surface area contributed by atoms with Gasteiger partial charge in [0.1, 0.15) is 11.5 Å². The van der Waals surface area contributed by atoms with Crippen LogP contribution in [0.4, 0.5) is 0 Å². The molecule has 1 fully saturated rings. The van der Waals surface area contributed by atoms with Crippen molar-refractivity contribution in [3.05, 3.63) is 101 Å². The third-order valence-electron chi connectivity index (χ3n) is 6.07. The Morgan fingerprint density at radius 1 is 1.03 bits per heavy atom. The number of Topliss-reactive ketones (excluding diaryl/α,β-unsaturated/α-hetero) is 1. The highest BCUT2D eigenvalue weighted by atomic mass is 16.5. The number of aliphatic hydroxyl groups excluding tert-OH is 1. The molecule has 3 aromatic rings. The van der Waals surface area contributed by atoms with E-state index in [9.17, 15) is 14.7 Å². The molecule has 34 heavy (non-hydrogen) atoms. The number of rotatable bonds is 5. The third kappa shape index (κ3) is 4.44. The van der Waals surface area contributed by atoms with Gasteiger partial charge < -0.3 is 14.7 Å². The van der Waals surface area contributed by atoms with Crippen molar-refractivity contribution in [3.63, 3.8) is 0 Å². The molecule has 0 radical (unpaired) electrons. The predicted molar refractivity (Wildman–Crippen MR) is 130 cm³/mol. The molecule has 1 aliphatic rings. The van der Waals surface area contributed by atoms with Crippen LogP contribution in [0.25, 0.3) is 5.76 Å².